The van der Waals surface area contributed by atoms with E-state index in [-0.39, 0.29) is 0 Å². The van der Waals surface area contributed by atoms with E-state index in [1.165, 1.54) is 0 Å². The largest absolute Gasteiger partial charge is 0.441 e. The predicted octanol–water partition coefficient (Wildman–Crippen LogP) is 4.28. The summed E-state index contributed by atoms with van der Waals surface area (Å²) in [6.07, 6.45) is 7.79. The molecular formula is C15H15NO. The summed E-state index contributed by atoms with van der Waals surface area (Å²) in [4.78, 5) is 4.42. The Morgan fingerprint density at radius 3 is 2.94 bits per heavy atom. The number of rotatable bonds is 3. The Morgan fingerprint density at radius 2 is 2.24 bits per heavy atom. The molecule has 2 rings (SSSR count). The van der Waals surface area contributed by atoms with Crippen molar-refractivity contribution in [3.8, 4) is 0 Å². The smallest absolute Gasteiger partial charge is 0.192 e. The summed E-state index contributed by atoms with van der Waals surface area (Å²) in [5.74, 6) is 0.686. The van der Waals surface area contributed by atoms with Crippen LogP contribution in [0, 0.1) is 6.92 Å². The molecule has 17 heavy (non-hydrogen) atoms. The normalized spacial score (nSPS) is 12.5. The number of para-hydroxylation sites is 1. The number of nitrogens with zero attached hydrogens (tertiary/aromatic N) is 1. The van der Waals surface area contributed by atoms with Crippen LogP contribution in [0.2, 0.25) is 0 Å². The van der Waals surface area contributed by atoms with Gasteiger partial charge in [-0.05, 0) is 18.6 Å². The average Bonchev–Trinajstić information content (AvgIpc) is 2.68. The first-order valence-corrected chi connectivity index (χ1v) is 5.58. The molecule has 0 radical (unpaired) electrons. The highest BCUT2D eigenvalue weighted by Gasteiger charge is 2.08. The van der Waals surface area contributed by atoms with Crippen molar-refractivity contribution in [2.24, 2.45) is 0 Å². The molecule has 0 bridgehead atoms. The van der Waals surface area contributed by atoms with E-state index in [2.05, 4.69) is 11.6 Å². The predicted molar refractivity (Wildman–Crippen MR) is 71.7 cm³/mol. The lowest BCUT2D eigenvalue weighted by Gasteiger charge is -2.01. The van der Waals surface area contributed by atoms with Crippen molar-refractivity contribution in [3.05, 3.63) is 60.5 Å². The zero-order valence-corrected chi connectivity index (χ0v) is 10.1. The van der Waals surface area contributed by atoms with Crippen molar-refractivity contribution in [1.29, 1.82) is 0 Å². The molecule has 1 heterocycles. The molecule has 0 unspecified atom stereocenters. The number of oxazole rings is 1. The SMILES string of the molecule is C=C/C=C(\C=C/C)c1cccc2oc(C)nc12. The molecule has 0 saturated carbocycles. The van der Waals surface area contributed by atoms with E-state index >= 15 is 0 Å². The highest BCUT2D eigenvalue weighted by Crippen LogP contribution is 2.26. The van der Waals surface area contributed by atoms with Crippen LogP contribution >= 0.6 is 0 Å². The molecule has 0 atom stereocenters. The van der Waals surface area contributed by atoms with E-state index in [0.717, 1.165) is 22.2 Å². The monoisotopic (exact) mass is 225 g/mol. The summed E-state index contributed by atoms with van der Waals surface area (Å²) in [6.45, 7) is 7.59. The standard InChI is InChI=1S/C15H15NO/c1-4-7-12(8-5-2)13-9-6-10-14-15(13)16-11(3)17-14/h4-10H,1H2,2-3H3/b8-5-,12-7+. The van der Waals surface area contributed by atoms with Gasteiger partial charge in [0, 0.05) is 12.5 Å². The Morgan fingerprint density at radius 1 is 1.41 bits per heavy atom. The summed E-state index contributed by atoms with van der Waals surface area (Å²) in [5.41, 5.74) is 3.87. The fourth-order valence-corrected chi connectivity index (χ4v) is 1.83. The van der Waals surface area contributed by atoms with Gasteiger partial charge >= 0.3 is 0 Å². The first-order valence-electron chi connectivity index (χ1n) is 5.58. The van der Waals surface area contributed by atoms with Crippen LogP contribution in [0.3, 0.4) is 0 Å². The highest BCUT2D eigenvalue weighted by molar-refractivity contribution is 5.91. The molecule has 0 fully saturated rings. The minimum atomic E-state index is 0.686. The quantitative estimate of drug-likeness (QED) is 0.728. The molecule has 0 aliphatic carbocycles. The van der Waals surface area contributed by atoms with Gasteiger partial charge in [0.25, 0.3) is 0 Å². The number of hydrogen-bond acceptors (Lipinski definition) is 2. The third-order valence-corrected chi connectivity index (χ3v) is 2.48. The number of allylic oxidation sites excluding steroid dienone is 5. The highest BCUT2D eigenvalue weighted by atomic mass is 16.3. The van der Waals surface area contributed by atoms with Crippen LogP contribution in [0.1, 0.15) is 18.4 Å². The molecule has 86 valence electrons. The van der Waals surface area contributed by atoms with Crippen molar-refractivity contribution in [3.63, 3.8) is 0 Å². The number of hydrogen-bond donors (Lipinski definition) is 0. The summed E-state index contributed by atoms with van der Waals surface area (Å²) in [7, 11) is 0. The lowest BCUT2D eigenvalue weighted by molar-refractivity contribution is 0.561. The average molecular weight is 225 g/mol. The maximum atomic E-state index is 5.53. The number of benzene rings is 1. The van der Waals surface area contributed by atoms with Crippen LogP contribution in [-0.4, -0.2) is 4.98 Å². The van der Waals surface area contributed by atoms with Crippen LogP contribution < -0.4 is 0 Å². The first-order chi connectivity index (χ1) is 8.26. The lowest BCUT2D eigenvalue weighted by atomic mass is 10.0. The fraction of sp³-hybridized carbons (Fsp3) is 0.133. The third kappa shape index (κ3) is 2.21. The second kappa shape index (κ2) is 4.83. The molecule has 0 aliphatic rings. The number of aromatic nitrogens is 1. The van der Waals surface area contributed by atoms with Gasteiger partial charge in [0.2, 0.25) is 0 Å². The van der Waals surface area contributed by atoms with E-state index in [9.17, 15) is 0 Å². The maximum absolute atomic E-state index is 5.53. The molecule has 2 aromatic rings. The molecule has 0 spiro atoms. The van der Waals surface area contributed by atoms with E-state index in [4.69, 9.17) is 4.42 Å². The van der Waals surface area contributed by atoms with Gasteiger partial charge in [-0.15, -0.1) is 0 Å². The van der Waals surface area contributed by atoms with E-state index in [0.29, 0.717) is 5.89 Å². The first kappa shape index (κ1) is 11.4. The summed E-state index contributed by atoms with van der Waals surface area (Å²) in [6, 6.07) is 5.95. The van der Waals surface area contributed by atoms with Gasteiger partial charge in [0.1, 0.15) is 5.52 Å². The molecule has 0 aliphatic heterocycles. The molecule has 2 heteroatoms. The van der Waals surface area contributed by atoms with Crippen LogP contribution in [0.5, 0.6) is 0 Å². The van der Waals surface area contributed by atoms with Gasteiger partial charge in [0.15, 0.2) is 11.5 Å². The maximum Gasteiger partial charge on any atom is 0.192 e. The van der Waals surface area contributed by atoms with Gasteiger partial charge in [-0.3, -0.25) is 0 Å². The van der Waals surface area contributed by atoms with Gasteiger partial charge in [-0.2, -0.15) is 0 Å². The molecule has 0 saturated heterocycles. The van der Waals surface area contributed by atoms with Crippen LogP contribution in [0.25, 0.3) is 16.7 Å². The van der Waals surface area contributed by atoms with Crippen molar-refractivity contribution in [2.75, 3.05) is 0 Å². The van der Waals surface area contributed by atoms with Crippen molar-refractivity contribution >= 4 is 16.7 Å². The molecular weight excluding hydrogens is 210 g/mol. The topological polar surface area (TPSA) is 26.0 Å². The number of aryl methyl sites for hydroxylation is 1. The van der Waals surface area contributed by atoms with Gasteiger partial charge in [-0.25, -0.2) is 4.98 Å². The molecule has 2 nitrogen and oxygen atoms in total. The summed E-state index contributed by atoms with van der Waals surface area (Å²) >= 11 is 0. The molecule has 0 amide bonds. The van der Waals surface area contributed by atoms with Gasteiger partial charge in [-0.1, -0.05) is 43.0 Å². The molecule has 0 N–H and O–H groups in total. The minimum absolute atomic E-state index is 0.686. The van der Waals surface area contributed by atoms with Crippen LogP contribution in [0.4, 0.5) is 0 Å². The fourth-order valence-electron chi connectivity index (χ4n) is 1.83. The van der Waals surface area contributed by atoms with E-state index in [1.807, 2.05) is 50.3 Å². The van der Waals surface area contributed by atoms with Crippen molar-refractivity contribution in [1.82, 2.24) is 4.98 Å². The van der Waals surface area contributed by atoms with E-state index < -0.39 is 0 Å². The zero-order valence-electron chi connectivity index (χ0n) is 10.1. The van der Waals surface area contributed by atoms with Crippen molar-refractivity contribution < 1.29 is 4.42 Å². The van der Waals surface area contributed by atoms with Gasteiger partial charge < -0.3 is 4.42 Å². The van der Waals surface area contributed by atoms with Crippen molar-refractivity contribution in [2.45, 2.75) is 13.8 Å². The van der Waals surface area contributed by atoms with Crippen LogP contribution in [0.15, 0.2) is 53.5 Å². The second-order valence-electron chi connectivity index (χ2n) is 3.74. The molecule has 1 aromatic heterocycles. The minimum Gasteiger partial charge on any atom is -0.441 e. The Hall–Kier alpha value is -2.09. The Bertz CT molecular complexity index is 602. The van der Waals surface area contributed by atoms with Crippen LogP contribution in [-0.2, 0) is 0 Å². The zero-order chi connectivity index (χ0) is 12.3. The Labute approximate surface area is 101 Å². The van der Waals surface area contributed by atoms with Gasteiger partial charge in [0.05, 0.1) is 0 Å². The summed E-state index contributed by atoms with van der Waals surface area (Å²) < 4.78 is 5.53. The Balaban J connectivity index is 2.68. The Kier molecular flexibility index (Phi) is 3.24. The molecule has 1 aromatic carbocycles. The second-order valence-corrected chi connectivity index (χ2v) is 3.74. The summed E-state index contributed by atoms with van der Waals surface area (Å²) in [5, 5.41) is 0. The van der Waals surface area contributed by atoms with E-state index in [1.54, 1.807) is 6.08 Å². The number of fused-ring (bicyclic) bond motifs is 1. The lowest BCUT2D eigenvalue weighted by Crippen LogP contribution is -1.83. The third-order valence-electron chi connectivity index (χ3n) is 2.48.